The first-order valence-electron chi connectivity index (χ1n) is 9.77. The van der Waals surface area contributed by atoms with E-state index in [0.717, 1.165) is 0 Å². The zero-order valence-corrected chi connectivity index (χ0v) is 18.8. The normalized spacial score (nSPS) is 16.7. The summed E-state index contributed by atoms with van der Waals surface area (Å²) in [5, 5.41) is 12.5. The van der Waals surface area contributed by atoms with Gasteiger partial charge in [0.2, 0.25) is 5.91 Å². The number of carboxylic acids is 1. The summed E-state index contributed by atoms with van der Waals surface area (Å²) in [6.45, 7) is 16.1. The molecule has 2 N–H and O–H groups in total. The van der Waals surface area contributed by atoms with E-state index in [-0.39, 0.29) is 46.7 Å². The van der Waals surface area contributed by atoms with E-state index in [1.54, 1.807) is 24.9 Å². The summed E-state index contributed by atoms with van der Waals surface area (Å²) in [4.78, 5) is 26.1. The number of carboxylic acid groups (broad SMARTS) is 1. The van der Waals surface area contributed by atoms with Crippen molar-refractivity contribution >= 4 is 11.9 Å². The van der Waals surface area contributed by atoms with Gasteiger partial charge in [-0.25, -0.2) is 4.79 Å². The lowest BCUT2D eigenvalue weighted by Gasteiger charge is -2.33. The van der Waals surface area contributed by atoms with Gasteiger partial charge in [0.1, 0.15) is 0 Å². The van der Waals surface area contributed by atoms with Gasteiger partial charge in [0.05, 0.1) is 12.0 Å². The molecule has 0 heterocycles. The Labute approximate surface area is 165 Å². The van der Waals surface area contributed by atoms with E-state index in [1.165, 1.54) is 0 Å². The van der Waals surface area contributed by atoms with Crippen molar-refractivity contribution in [2.45, 2.75) is 67.5 Å². The van der Waals surface area contributed by atoms with Gasteiger partial charge in [-0.1, -0.05) is 66.7 Å². The fourth-order valence-electron chi connectivity index (χ4n) is 3.10. The molecule has 0 bridgehead atoms. The predicted octanol–water partition coefficient (Wildman–Crippen LogP) is 3.96. The number of likely N-dealkylation sites (N-methyl/N-ethyl adjacent to an activating group) is 2. The first kappa shape index (κ1) is 25.4. The summed E-state index contributed by atoms with van der Waals surface area (Å²) >= 11 is 0. The lowest BCUT2D eigenvalue weighted by atomic mass is 9.84. The molecule has 0 saturated heterocycles. The lowest BCUT2D eigenvalue weighted by molar-refractivity contribution is -0.136. The smallest absolute Gasteiger partial charge is 0.331 e. The van der Waals surface area contributed by atoms with Crippen LogP contribution in [0.15, 0.2) is 23.8 Å². The summed E-state index contributed by atoms with van der Waals surface area (Å²) < 4.78 is 0. The zero-order chi connectivity index (χ0) is 21.5. The third-order valence-electron chi connectivity index (χ3n) is 4.99. The van der Waals surface area contributed by atoms with Crippen LogP contribution >= 0.6 is 0 Å². The number of amides is 1. The molecule has 0 aromatic rings. The Morgan fingerprint density at radius 3 is 1.89 bits per heavy atom. The second kappa shape index (κ2) is 10.6. The summed E-state index contributed by atoms with van der Waals surface area (Å²) in [5.41, 5.74) is 0.303. The number of hydrogen-bond acceptors (Lipinski definition) is 3. The lowest BCUT2D eigenvalue weighted by Crippen LogP contribution is -2.44. The maximum atomic E-state index is 13.2. The van der Waals surface area contributed by atoms with Crippen molar-refractivity contribution in [1.82, 2.24) is 10.2 Å². The Morgan fingerprint density at radius 1 is 1.04 bits per heavy atom. The average Bonchev–Trinajstić information content (AvgIpc) is 2.53. The fraction of sp³-hybridized carbons (Fsp3) is 0.727. The fourth-order valence-corrected chi connectivity index (χ4v) is 3.10. The minimum atomic E-state index is -0.955. The van der Waals surface area contributed by atoms with Crippen molar-refractivity contribution in [3.05, 3.63) is 23.8 Å². The van der Waals surface area contributed by atoms with Crippen molar-refractivity contribution in [3.63, 3.8) is 0 Å². The van der Waals surface area contributed by atoms with Gasteiger partial charge in [0.15, 0.2) is 0 Å². The van der Waals surface area contributed by atoms with Crippen molar-refractivity contribution < 1.29 is 14.7 Å². The molecule has 0 aliphatic carbocycles. The van der Waals surface area contributed by atoms with Gasteiger partial charge in [-0.15, -0.1) is 0 Å². The second-order valence-corrected chi connectivity index (χ2v) is 9.13. The van der Waals surface area contributed by atoms with E-state index in [2.05, 4.69) is 32.2 Å². The minimum Gasteiger partial charge on any atom is -0.478 e. The number of carbonyl (C=O) groups is 2. The monoisotopic (exact) mass is 380 g/mol. The number of rotatable bonds is 9. The molecule has 5 heteroatoms. The van der Waals surface area contributed by atoms with Gasteiger partial charge in [-0.3, -0.25) is 4.79 Å². The van der Waals surface area contributed by atoms with Crippen LogP contribution in [0.2, 0.25) is 0 Å². The van der Waals surface area contributed by atoms with Crippen molar-refractivity contribution in [3.8, 4) is 0 Å². The Bertz CT molecular complexity index is 556. The molecule has 0 rings (SSSR count). The quantitative estimate of drug-likeness (QED) is 0.469. The van der Waals surface area contributed by atoms with Crippen LogP contribution in [0.5, 0.6) is 0 Å². The van der Waals surface area contributed by atoms with Crippen LogP contribution in [0, 0.1) is 23.2 Å². The molecule has 0 aliphatic rings. The largest absolute Gasteiger partial charge is 0.478 e. The standard InChI is InChI=1S/C22H40N2O3/c1-14(2)17(11-12-19(23-9)22(6,7)8)20(25)24(10)18(15(3)4)13-16(5)21(26)27/h11-15,17-19,23H,1-10H3,(H,26,27)/b12-11+,16-13+/t17?,18-,19-/m1/s1. The van der Waals surface area contributed by atoms with Crippen molar-refractivity contribution in [2.24, 2.45) is 23.2 Å². The maximum absolute atomic E-state index is 13.2. The Morgan fingerprint density at radius 2 is 1.56 bits per heavy atom. The SMILES string of the molecule is CN[C@H](/C=C/C(C(=O)N(C)[C@H](/C=C(\C)C(=O)O)C(C)C)C(C)C)C(C)(C)C. The molecule has 0 saturated carbocycles. The van der Waals surface area contributed by atoms with E-state index in [1.807, 2.05) is 40.8 Å². The van der Waals surface area contributed by atoms with Gasteiger partial charge in [-0.2, -0.15) is 0 Å². The minimum absolute atomic E-state index is 0.0122. The maximum Gasteiger partial charge on any atom is 0.331 e. The third-order valence-corrected chi connectivity index (χ3v) is 4.99. The van der Waals surface area contributed by atoms with Crippen LogP contribution in [0.25, 0.3) is 0 Å². The number of carbonyl (C=O) groups excluding carboxylic acids is 1. The average molecular weight is 381 g/mol. The number of hydrogen-bond donors (Lipinski definition) is 2. The van der Waals surface area contributed by atoms with E-state index in [4.69, 9.17) is 0 Å². The summed E-state index contributed by atoms with van der Waals surface area (Å²) in [6.07, 6.45) is 5.76. The van der Waals surface area contributed by atoms with Crippen LogP contribution in [0.4, 0.5) is 0 Å². The molecule has 0 aromatic carbocycles. The van der Waals surface area contributed by atoms with Gasteiger partial charge >= 0.3 is 5.97 Å². The number of nitrogens with one attached hydrogen (secondary N) is 1. The van der Waals surface area contributed by atoms with Crippen LogP contribution < -0.4 is 5.32 Å². The van der Waals surface area contributed by atoms with Crippen LogP contribution in [0.3, 0.4) is 0 Å². The predicted molar refractivity (Wildman–Crippen MR) is 113 cm³/mol. The van der Waals surface area contributed by atoms with E-state index < -0.39 is 5.97 Å². The highest BCUT2D eigenvalue weighted by atomic mass is 16.4. The molecule has 0 spiro atoms. The Balaban J connectivity index is 5.68. The molecule has 0 fully saturated rings. The molecule has 0 aromatic heterocycles. The van der Waals surface area contributed by atoms with Crippen molar-refractivity contribution in [1.29, 1.82) is 0 Å². The highest BCUT2D eigenvalue weighted by molar-refractivity contribution is 5.86. The highest BCUT2D eigenvalue weighted by Crippen LogP contribution is 2.24. The van der Waals surface area contributed by atoms with Gasteiger partial charge in [0.25, 0.3) is 0 Å². The van der Waals surface area contributed by atoms with Crippen LogP contribution in [-0.2, 0) is 9.59 Å². The topological polar surface area (TPSA) is 69.6 Å². The molecule has 0 radical (unpaired) electrons. The van der Waals surface area contributed by atoms with Crippen LogP contribution in [-0.4, -0.2) is 48.1 Å². The van der Waals surface area contributed by atoms with Crippen molar-refractivity contribution in [2.75, 3.05) is 14.1 Å². The van der Waals surface area contributed by atoms with Gasteiger partial charge in [0, 0.05) is 18.7 Å². The summed E-state index contributed by atoms with van der Waals surface area (Å²) in [6, 6.07) is -0.0992. The molecule has 156 valence electrons. The molecule has 1 unspecified atom stereocenters. The zero-order valence-electron chi connectivity index (χ0n) is 18.8. The second-order valence-electron chi connectivity index (χ2n) is 9.13. The van der Waals surface area contributed by atoms with Crippen LogP contribution in [0.1, 0.15) is 55.4 Å². The Hall–Kier alpha value is -1.62. The van der Waals surface area contributed by atoms with Gasteiger partial charge in [-0.05, 0) is 31.2 Å². The Kier molecular flexibility index (Phi) is 10.0. The van der Waals surface area contributed by atoms with E-state index in [9.17, 15) is 14.7 Å². The first-order chi connectivity index (χ1) is 12.2. The molecule has 3 atom stereocenters. The van der Waals surface area contributed by atoms with E-state index >= 15 is 0 Å². The van der Waals surface area contributed by atoms with E-state index in [0.29, 0.717) is 0 Å². The summed E-state index contributed by atoms with van der Waals surface area (Å²) in [7, 11) is 3.69. The first-order valence-corrected chi connectivity index (χ1v) is 9.77. The molecular weight excluding hydrogens is 340 g/mol. The summed E-state index contributed by atoms with van der Waals surface area (Å²) in [5.74, 6) is -0.939. The third kappa shape index (κ3) is 7.87. The number of aliphatic carboxylic acids is 1. The molecule has 5 nitrogen and oxygen atoms in total. The molecule has 0 aliphatic heterocycles. The highest BCUT2D eigenvalue weighted by Gasteiger charge is 2.29. The molecule has 1 amide bonds. The molecule has 27 heavy (non-hydrogen) atoms. The number of nitrogens with zero attached hydrogens (tertiary/aromatic N) is 1. The van der Waals surface area contributed by atoms with Gasteiger partial charge < -0.3 is 15.3 Å². The molecular formula is C22H40N2O3.